The zero-order valence-electron chi connectivity index (χ0n) is 8.90. The van der Waals surface area contributed by atoms with Crippen LogP contribution in [0.15, 0.2) is 18.2 Å². The van der Waals surface area contributed by atoms with Crippen molar-refractivity contribution in [2.75, 3.05) is 0 Å². The van der Waals surface area contributed by atoms with Gasteiger partial charge in [0.2, 0.25) is 0 Å². The summed E-state index contributed by atoms with van der Waals surface area (Å²) in [7, 11) is 0. The summed E-state index contributed by atoms with van der Waals surface area (Å²) in [6.07, 6.45) is 1.52. The number of rotatable bonds is 3. The first-order chi connectivity index (χ1) is 6.46. The molecule has 1 aromatic rings. The molecule has 0 heterocycles. The summed E-state index contributed by atoms with van der Waals surface area (Å²) < 4.78 is 26.2. The topological polar surface area (TPSA) is 0 Å². The Kier molecular flexibility index (Phi) is 3.25. The fraction of sp³-hybridized carbons (Fsp3) is 0.500. The van der Waals surface area contributed by atoms with Crippen molar-refractivity contribution in [1.29, 1.82) is 0 Å². The van der Waals surface area contributed by atoms with Crippen LogP contribution < -0.4 is 0 Å². The molecule has 0 radical (unpaired) electrons. The van der Waals surface area contributed by atoms with E-state index < -0.39 is 11.6 Å². The van der Waals surface area contributed by atoms with Gasteiger partial charge in [0.1, 0.15) is 0 Å². The van der Waals surface area contributed by atoms with E-state index in [2.05, 4.69) is 20.8 Å². The van der Waals surface area contributed by atoms with Gasteiger partial charge in [-0.3, -0.25) is 0 Å². The summed E-state index contributed by atoms with van der Waals surface area (Å²) in [5.74, 6) is -1.46. The van der Waals surface area contributed by atoms with Gasteiger partial charge >= 0.3 is 0 Å². The van der Waals surface area contributed by atoms with Crippen LogP contribution in [0.1, 0.15) is 32.8 Å². The van der Waals surface area contributed by atoms with Crippen molar-refractivity contribution < 1.29 is 8.78 Å². The van der Waals surface area contributed by atoms with Crippen LogP contribution in [0, 0.1) is 17.0 Å². The second kappa shape index (κ2) is 4.07. The molecule has 0 aliphatic heterocycles. The SMILES string of the molecule is CCC(C)(C)Cc1cccc(F)c1F. The smallest absolute Gasteiger partial charge is 0.162 e. The Morgan fingerprint density at radius 2 is 1.86 bits per heavy atom. The Balaban J connectivity index is 2.92. The molecule has 0 aromatic heterocycles. The standard InChI is InChI=1S/C12H16F2/c1-4-12(2,3)8-9-6-5-7-10(13)11(9)14/h5-7H,4,8H2,1-3H3. The lowest BCUT2D eigenvalue weighted by Crippen LogP contribution is -2.14. The molecular formula is C12H16F2. The third-order valence-corrected chi connectivity index (χ3v) is 2.66. The summed E-state index contributed by atoms with van der Waals surface area (Å²) in [5, 5.41) is 0. The van der Waals surface area contributed by atoms with E-state index in [4.69, 9.17) is 0 Å². The lowest BCUT2D eigenvalue weighted by Gasteiger charge is -2.22. The third kappa shape index (κ3) is 2.53. The Morgan fingerprint density at radius 1 is 1.21 bits per heavy atom. The molecule has 0 unspecified atom stereocenters. The molecule has 0 bridgehead atoms. The highest BCUT2D eigenvalue weighted by atomic mass is 19.2. The Hall–Kier alpha value is -0.920. The predicted molar refractivity (Wildman–Crippen MR) is 54.1 cm³/mol. The van der Waals surface area contributed by atoms with E-state index >= 15 is 0 Å². The second-order valence-electron chi connectivity index (χ2n) is 4.41. The molecule has 0 nitrogen and oxygen atoms in total. The Morgan fingerprint density at radius 3 is 2.43 bits per heavy atom. The maximum absolute atomic E-state index is 13.3. The van der Waals surface area contributed by atoms with Crippen molar-refractivity contribution in [3.63, 3.8) is 0 Å². The molecule has 0 aliphatic carbocycles. The molecule has 0 saturated carbocycles. The van der Waals surface area contributed by atoms with E-state index in [0.29, 0.717) is 12.0 Å². The summed E-state index contributed by atoms with van der Waals surface area (Å²) in [5.41, 5.74) is 0.492. The summed E-state index contributed by atoms with van der Waals surface area (Å²) in [4.78, 5) is 0. The van der Waals surface area contributed by atoms with Crippen LogP contribution in [0.4, 0.5) is 8.78 Å². The summed E-state index contributed by atoms with van der Waals surface area (Å²) >= 11 is 0. The fourth-order valence-corrected chi connectivity index (χ4v) is 1.33. The molecule has 0 fully saturated rings. The molecule has 0 aliphatic rings. The quantitative estimate of drug-likeness (QED) is 0.690. The molecule has 1 rings (SSSR count). The fourth-order valence-electron chi connectivity index (χ4n) is 1.33. The van der Waals surface area contributed by atoms with Crippen LogP contribution in [0.3, 0.4) is 0 Å². The number of benzene rings is 1. The average Bonchev–Trinajstić information content (AvgIpc) is 2.13. The largest absolute Gasteiger partial charge is 0.204 e. The van der Waals surface area contributed by atoms with Crippen LogP contribution >= 0.6 is 0 Å². The van der Waals surface area contributed by atoms with Gasteiger partial charge < -0.3 is 0 Å². The van der Waals surface area contributed by atoms with Crippen LogP contribution in [-0.2, 0) is 6.42 Å². The van der Waals surface area contributed by atoms with Crippen molar-refractivity contribution in [3.8, 4) is 0 Å². The van der Waals surface area contributed by atoms with Crippen LogP contribution in [-0.4, -0.2) is 0 Å². The first kappa shape index (κ1) is 11.2. The average molecular weight is 198 g/mol. The highest BCUT2D eigenvalue weighted by Crippen LogP contribution is 2.27. The van der Waals surface area contributed by atoms with Gasteiger partial charge in [0, 0.05) is 0 Å². The molecular weight excluding hydrogens is 182 g/mol. The molecule has 0 N–H and O–H groups in total. The maximum Gasteiger partial charge on any atom is 0.162 e. The van der Waals surface area contributed by atoms with Gasteiger partial charge in [-0.05, 0) is 23.5 Å². The van der Waals surface area contributed by atoms with Gasteiger partial charge in [-0.2, -0.15) is 0 Å². The van der Waals surface area contributed by atoms with Crippen LogP contribution in [0.5, 0.6) is 0 Å². The molecule has 0 atom stereocenters. The monoisotopic (exact) mass is 198 g/mol. The van der Waals surface area contributed by atoms with Crippen LogP contribution in [0.25, 0.3) is 0 Å². The second-order valence-corrected chi connectivity index (χ2v) is 4.41. The van der Waals surface area contributed by atoms with Gasteiger partial charge in [-0.1, -0.05) is 39.3 Å². The molecule has 14 heavy (non-hydrogen) atoms. The third-order valence-electron chi connectivity index (χ3n) is 2.66. The summed E-state index contributed by atoms with van der Waals surface area (Å²) in [6.45, 7) is 6.16. The van der Waals surface area contributed by atoms with Gasteiger partial charge in [0.05, 0.1) is 0 Å². The van der Waals surface area contributed by atoms with Gasteiger partial charge in [0.25, 0.3) is 0 Å². The van der Waals surface area contributed by atoms with Crippen molar-refractivity contribution in [1.82, 2.24) is 0 Å². The first-order valence-corrected chi connectivity index (χ1v) is 4.89. The molecule has 0 saturated heterocycles. The zero-order chi connectivity index (χ0) is 10.8. The minimum absolute atomic E-state index is 0.0225. The normalized spacial score (nSPS) is 11.8. The van der Waals surface area contributed by atoms with Crippen LogP contribution in [0.2, 0.25) is 0 Å². The Labute approximate surface area is 84.0 Å². The number of hydrogen-bond acceptors (Lipinski definition) is 0. The number of halogens is 2. The summed E-state index contributed by atoms with van der Waals surface area (Å²) in [6, 6.07) is 4.35. The molecule has 78 valence electrons. The lowest BCUT2D eigenvalue weighted by atomic mass is 9.83. The van der Waals surface area contributed by atoms with Crippen molar-refractivity contribution in [2.24, 2.45) is 5.41 Å². The van der Waals surface area contributed by atoms with E-state index in [1.54, 1.807) is 12.1 Å². The van der Waals surface area contributed by atoms with E-state index in [1.807, 2.05) is 0 Å². The Bertz CT molecular complexity index is 316. The van der Waals surface area contributed by atoms with Gasteiger partial charge in [-0.25, -0.2) is 8.78 Å². The molecule has 2 heteroatoms. The molecule has 0 amide bonds. The highest BCUT2D eigenvalue weighted by Gasteiger charge is 2.19. The van der Waals surface area contributed by atoms with Crippen molar-refractivity contribution in [2.45, 2.75) is 33.6 Å². The van der Waals surface area contributed by atoms with Gasteiger partial charge in [-0.15, -0.1) is 0 Å². The van der Waals surface area contributed by atoms with Crippen molar-refractivity contribution in [3.05, 3.63) is 35.4 Å². The van der Waals surface area contributed by atoms with Gasteiger partial charge in [0.15, 0.2) is 11.6 Å². The highest BCUT2D eigenvalue weighted by molar-refractivity contribution is 5.20. The maximum atomic E-state index is 13.3. The molecule has 1 aromatic carbocycles. The predicted octanol–water partition coefficient (Wildman–Crippen LogP) is 3.94. The number of hydrogen-bond donors (Lipinski definition) is 0. The van der Waals surface area contributed by atoms with E-state index in [-0.39, 0.29) is 5.41 Å². The minimum atomic E-state index is -0.755. The minimum Gasteiger partial charge on any atom is -0.204 e. The molecule has 0 spiro atoms. The lowest BCUT2D eigenvalue weighted by molar-refractivity contribution is 0.340. The van der Waals surface area contributed by atoms with E-state index in [0.717, 1.165) is 12.5 Å². The van der Waals surface area contributed by atoms with Crippen molar-refractivity contribution >= 4 is 0 Å². The van der Waals surface area contributed by atoms with E-state index in [9.17, 15) is 8.78 Å². The first-order valence-electron chi connectivity index (χ1n) is 4.89. The zero-order valence-corrected chi connectivity index (χ0v) is 8.90. The van der Waals surface area contributed by atoms with E-state index in [1.165, 1.54) is 0 Å².